The molecule has 0 aliphatic carbocycles. The van der Waals surface area contributed by atoms with Gasteiger partial charge in [0.2, 0.25) is 0 Å². The van der Waals surface area contributed by atoms with Gasteiger partial charge in [0, 0.05) is 42.0 Å². The lowest BCUT2D eigenvalue weighted by Crippen LogP contribution is -2.36. The van der Waals surface area contributed by atoms with E-state index in [0.717, 1.165) is 54.1 Å². The van der Waals surface area contributed by atoms with E-state index in [-0.39, 0.29) is 5.91 Å². The van der Waals surface area contributed by atoms with Gasteiger partial charge in [-0.15, -0.1) is 0 Å². The van der Waals surface area contributed by atoms with Crippen LogP contribution in [0, 0.1) is 0 Å². The average molecular weight is 310 g/mol. The first-order valence-corrected chi connectivity index (χ1v) is 7.74. The molecule has 118 valence electrons. The number of morpholine rings is 1. The molecule has 2 N–H and O–H groups in total. The van der Waals surface area contributed by atoms with E-state index < -0.39 is 0 Å². The van der Waals surface area contributed by atoms with Crippen molar-refractivity contribution in [2.45, 2.75) is 0 Å². The molecule has 1 aliphatic heterocycles. The predicted octanol–water partition coefficient (Wildman–Crippen LogP) is 1.91. The molecule has 0 bridgehead atoms. The number of ether oxygens (including phenoxy) is 1. The zero-order valence-corrected chi connectivity index (χ0v) is 12.9. The van der Waals surface area contributed by atoms with Gasteiger partial charge in [-0.05, 0) is 24.3 Å². The maximum Gasteiger partial charge on any atom is 0.251 e. The molecule has 3 heterocycles. The molecule has 1 saturated heterocycles. The van der Waals surface area contributed by atoms with Gasteiger partial charge in [-0.3, -0.25) is 4.79 Å². The molecule has 4 rings (SSSR count). The van der Waals surface area contributed by atoms with Gasteiger partial charge in [-0.2, -0.15) is 0 Å². The first-order valence-electron chi connectivity index (χ1n) is 7.74. The molecule has 1 aliphatic rings. The quantitative estimate of drug-likeness (QED) is 0.758. The minimum Gasteiger partial charge on any atom is -0.378 e. The summed E-state index contributed by atoms with van der Waals surface area (Å²) in [5.41, 5.74) is 2.39. The van der Waals surface area contributed by atoms with Gasteiger partial charge < -0.3 is 19.9 Å². The van der Waals surface area contributed by atoms with Crippen LogP contribution in [0.3, 0.4) is 0 Å². The highest BCUT2D eigenvalue weighted by Crippen LogP contribution is 2.29. The lowest BCUT2D eigenvalue weighted by molar-refractivity contribution is 0.0965. The molecule has 6 heteroatoms. The highest BCUT2D eigenvalue weighted by atomic mass is 16.5. The zero-order chi connectivity index (χ0) is 15.8. The maximum atomic E-state index is 12.1. The highest BCUT2D eigenvalue weighted by molar-refractivity contribution is 6.17. The van der Waals surface area contributed by atoms with Crippen LogP contribution in [0.5, 0.6) is 0 Å². The van der Waals surface area contributed by atoms with Crippen molar-refractivity contribution < 1.29 is 9.53 Å². The van der Waals surface area contributed by atoms with Gasteiger partial charge in [-0.25, -0.2) is 4.98 Å². The second kappa shape index (κ2) is 5.55. The second-order valence-electron chi connectivity index (χ2n) is 5.60. The van der Waals surface area contributed by atoms with Crippen LogP contribution < -0.4 is 10.2 Å². The number of aromatic nitrogens is 2. The number of hydrogen-bond acceptors (Lipinski definition) is 4. The van der Waals surface area contributed by atoms with Crippen molar-refractivity contribution in [3.8, 4) is 0 Å². The average Bonchev–Trinajstić information content (AvgIpc) is 2.99. The van der Waals surface area contributed by atoms with Crippen LogP contribution in [0.25, 0.3) is 21.9 Å². The zero-order valence-electron chi connectivity index (χ0n) is 12.9. The van der Waals surface area contributed by atoms with Gasteiger partial charge in [0.25, 0.3) is 5.91 Å². The molecular weight excluding hydrogens is 292 g/mol. The summed E-state index contributed by atoms with van der Waals surface area (Å²) in [5, 5.41) is 4.58. The van der Waals surface area contributed by atoms with Gasteiger partial charge in [0.15, 0.2) is 0 Å². The van der Waals surface area contributed by atoms with E-state index in [1.165, 1.54) is 0 Å². The van der Waals surface area contributed by atoms with Crippen LogP contribution in [-0.4, -0.2) is 49.2 Å². The number of aromatic amines is 1. The van der Waals surface area contributed by atoms with Crippen molar-refractivity contribution in [1.82, 2.24) is 15.3 Å². The fraction of sp³-hybridized carbons (Fsp3) is 0.294. The number of carbonyl (C=O) groups excluding carboxylic acids is 1. The maximum absolute atomic E-state index is 12.1. The first-order chi connectivity index (χ1) is 11.3. The predicted molar refractivity (Wildman–Crippen MR) is 90.0 cm³/mol. The Balaban J connectivity index is 1.87. The molecular formula is C17H18N4O2. The third kappa shape index (κ3) is 2.31. The highest BCUT2D eigenvalue weighted by Gasteiger charge is 2.17. The summed E-state index contributed by atoms with van der Waals surface area (Å²) in [6.07, 6.45) is 0. The van der Waals surface area contributed by atoms with E-state index in [2.05, 4.69) is 15.2 Å². The Morgan fingerprint density at radius 3 is 2.87 bits per heavy atom. The third-order valence-corrected chi connectivity index (χ3v) is 4.27. The molecule has 0 saturated carbocycles. The fourth-order valence-corrected chi connectivity index (χ4v) is 3.11. The molecule has 1 aromatic carbocycles. The standard InChI is InChI=1S/C17H18N4O2/c1-18-17(22)12-3-2-4-13-15(12)11-5-6-14(20-16(11)19-13)21-7-9-23-10-8-21/h2-6H,7-10H2,1H3,(H,18,22)(H,19,20). The van der Waals surface area contributed by atoms with E-state index in [4.69, 9.17) is 9.72 Å². The van der Waals surface area contributed by atoms with E-state index in [9.17, 15) is 4.79 Å². The van der Waals surface area contributed by atoms with Crippen LogP contribution in [-0.2, 0) is 4.74 Å². The number of pyridine rings is 1. The molecule has 1 fully saturated rings. The summed E-state index contributed by atoms with van der Waals surface area (Å²) in [6.45, 7) is 3.16. The number of nitrogens with zero attached hydrogens (tertiary/aromatic N) is 2. The van der Waals surface area contributed by atoms with Crippen molar-refractivity contribution in [2.24, 2.45) is 0 Å². The summed E-state index contributed by atoms with van der Waals surface area (Å²) in [6, 6.07) is 9.74. The van der Waals surface area contributed by atoms with Crippen molar-refractivity contribution >= 4 is 33.7 Å². The third-order valence-electron chi connectivity index (χ3n) is 4.27. The summed E-state index contributed by atoms with van der Waals surface area (Å²) in [7, 11) is 1.64. The monoisotopic (exact) mass is 310 g/mol. The Bertz CT molecular complexity index is 881. The molecule has 0 atom stereocenters. The minimum atomic E-state index is -0.0891. The van der Waals surface area contributed by atoms with Crippen molar-refractivity contribution in [3.05, 3.63) is 35.9 Å². The number of amides is 1. The Labute approximate surface area is 133 Å². The van der Waals surface area contributed by atoms with Crippen LogP contribution >= 0.6 is 0 Å². The number of nitrogens with one attached hydrogen (secondary N) is 2. The van der Waals surface area contributed by atoms with Crippen molar-refractivity contribution in [2.75, 3.05) is 38.3 Å². The summed E-state index contributed by atoms with van der Waals surface area (Å²) < 4.78 is 5.39. The van der Waals surface area contributed by atoms with Crippen LogP contribution in [0.15, 0.2) is 30.3 Å². The first kappa shape index (κ1) is 14.0. The van der Waals surface area contributed by atoms with Gasteiger partial charge >= 0.3 is 0 Å². The molecule has 0 spiro atoms. The number of benzene rings is 1. The lowest BCUT2D eigenvalue weighted by Gasteiger charge is -2.27. The largest absolute Gasteiger partial charge is 0.378 e. The van der Waals surface area contributed by atoms with E-state index in [1.54, 1.807) is 7.05 Å². The fourth-order valence-electron chi connectivity index (χ4n) is 3.11. The summed E-state index contributed by atoms with van der Waals surface area (Å²) >= 11 is 0. The molecule has 0 radical (unpaired) electrons. The van der Waals surface area contributed by atoms with Gasteiger partial charge in [0.1, 0.15) is 11.5 Å². The van der Waals surface area contributed by atoms with Crippen molar-refractivity contribution in [3.63, 3.8) is 0 Å². The lowest BCUT2D eigenvalue weighted by atomic mass is 10.1. The summed E-state index contributed by atoms with van der Waals surface area (Å²) in [5.74, 6) is 0.850. The number of rotatable bonds is 2. The Morgan fingerprint density at radius 1 is 1.26 bits per heavy atom. The minimum absolute atomic E-state index is 0.0891. The normalized spacial score (nSPS) is 15.3. The van der Waals surface area contributed by atoms with E-state index in [0.29, 0.717) is 5.56 Å². The van der Waals surface area contributed by atoms with Crippen LogP contribution in [0.4, 0.5) is 5.82 Å². The molecule has 3 aromatic rings. The Morgan fingerprint density at radius 2 is 2.09 bits per heavy atom. The number of fused-ring (bicyclic) bond motifs is 3. The van der Waals surface area contributed by atoms with Crippen molar-refractivity contribution in [1.29, 1.82) is 0 Å². The van der Waals surface area contributed by atoms with E-state index in [1.807, 2.05) is 30.3 Å². The number of H-pyrrole nitrogens is 1. The van der Waals surface area contributed by atoms with Gasteiger partial charge in [-0.1, -0.05) is 6.07 Å². The number of anilines is 1. The topological polar surface area (TPSA) is 70.2 Å². The summed E-state index contributed by atoms with van der Waals surface area (Å²) in [4.78, 5) is 22.4. The van der Waals surface area contributed by atoms with E-state index >= 15 is 0 Å². The number of hydrogen-bond donors (Lipinski definition) is 2. The van der Waals surface area contributed by atoms with Gasteiger partial charge in [0.05, 0.1) is 13.2 Å². The number of carbonyl (C=O) groups is 1. The van der Waals surface area contributed by atoms with Crippen LogP contribution in [0.1, 0.15) is 10.4 Å². The molecule has 0 unspecified atom stereocenters. The molecule has 23 heavy (non-hydrogen) atoms. The molecule has 6 nitrogen and oxygen atoms in total. The smallest absolute Gasteiger partial charge is 0.251 e. The Kier molecular flexibility index (Phi) is 3.38. The Hall–Kier alpha value is -2.60. The molecule has 2 aromatic heterocycles. The second-order valence-corrected chi connectivity index (χ2v) is 5.60. The molecule has 1 amide bonds. The SMILES string of the molecule is CNC(=O)c1cccc2[nH]c3nc(N4CCOCC4)ccc3c12. The van der Waals surface area contributed by atoms with Crippen LogP contribution in [0.2, 0.25) is 0 Å².